The Kier molecular flexibility index (Phi) is 7.53. The topological polar surface area (TPSA) is 128 Å². The van der Waals surface area contributed by atoms with E-state index in [9.17, 15) is 24.3 Å². The van der Waals surface area contributed by atoms with Crippen molar-refractivity contribution in [2.45, 2.75) is 66.3 Å². The second kappa shape index (κ2) is 10.4. The highest BCUT2D eigenvalue weighted by Gasteiger charge is 2.46. The van der Waals surface area contributed by atoms with Crippen LogP contribution in [-0.4, -0.2) is 47.4 Å². The molecule has 0 spiro atoms. The molecule has 0 saturated heterocycles. The molecule has 2 aliphatic rings. The van der Waals surface area contributed by atoms with Crippen LogP contribution in [0.4, 0.5) is 0 Å². The molecule has 9 heteroatoms. The molecule has 1 unspecified atom stereocenters. The molecule has 1 aliphatic heterocycles. The number of carbonyl (C=O) groups excluding carboxylic acids is 4. The zero-order valence-corrected chi connectivity index (χ0v) is 23.9. The lowest BCUT2D eigenvalue weighted by Crippen LogP contribution is -2.46. The Hall–Kier alpha value is -4.14. The van der Waals surface area contributed by atoms with Crippen molar-refractivity contribution < 1.29 is 38.5 Å². The van der Waals surface area contributed by atoms with Gasteiger partial charge in [-0.15, -0.1) is 0 Å². The Labute approximate surface area is 233 Å². The highest BCUT2D eigenvalue weighted by atomic mass is 16.5. The maximum absolute atomic E-state index is 13.5. The molecule has 0 bridgehead atoms. The smallest absolute Gasteiger partial charge is 0.340 e. The van der Waals surface area contributed by atoms with Gasteiger partial charge >= 0.3 is 11.9 Å². The summed E-state index contributed by atoms with van der Waals surface area (Å²) in [6, 6.07) is 7.64. The lowest BCUT2D eigenvalue weighted by Gasteiger charge is -2.37. The minimum absolute atomic E-state index is 0.0155. The van der Waals surface area contributed by atoms with Gasteiger partial charge in [0.05, 0.1) is 18.8 Å². The van der Waals surface area contributed by atoms with Gasteiger partial charge in [-0.2, -0.15) is 0 Å². The Morgan fingerprint density at radius 2 is 1.55 bits per heavy atom. The molecule has 9 nitrogen and oxygen atoms in total. The first-order chi connectivity index (χ1) is 18.7. The predicted octanol–water partition coefficient (Wildman–Crippen LogP) is 4.79. The van der Waals surface area contributed by atoms with Crippen LogP contribution in [0.3, 0.4) is 0 Å². The molecule has 40 heavy (non-hydrogen) atoms. The number of rotatable bonds is 7. The van der Waals surface area contributed by atoms with Crippen molar-refractivity contribution >= 4 is 23.5 Å². The summed E-state index contributed by atoms with van der Waals surface area (Å²) in [5.41, 5.74) is -0.867. The van der Waals surface area contributed by atoms with Gasteiger partial charge in [0.25, 0.3) is 0 Å². The third-order valence-electron chi connectivity index (χ3n) is 6.66. The molecule has 2 aromatic carbocycles. The number of phenolic OH excluding ortho intramolecular Hbond substituents is 1. The first-order valence-corrected chi connectivity index (χ1v) is 13.3. The van der Waals surface area contributed by atoms with Crippen LogP contribution in [-0.2, 0) is 19.1 Å². The number of carbonyl (C=O) groups is 4. The van der Waals surface area contributed by atoms with Crippen LogP contribution in [0.15, 0.2) is 41.8 Å². The van der Waals surface area contributed by atoms with Crippen molar-refractivity contribution in [2.24, 2.45) is 5.41 Å². The number of phenols is 1. The van der Waals surface area contributed by atoms with Crippen LogP contribution < -0.4 is 10.1 Å². The summed E-state index contributed by atoms with van der Waals surface area (Å²) in [5.74, 6) is -4.95. The van der Waals surface area contributed by atoms with E-state index in [0.29, 0.717) is 6.42 Å². The third kappa shape index (κ3) is 5.20. The second-order valence-corrected chi connectivity index (χ2v) is 11.8. The molecule has 0 fully saturated rings. The van der Waals surface area contributed by atoms with Gasteiger partial charge in [-0.3, -0.25) is 14.4 Å². The standard InChI is InChI=1S/C31H35NO8/c1-8-38-28(36)20-19-14-18-21(24(34)17-13-11-10-12-16(17)23(18)33)25(35)26(19)40-27(22(20)29(37)39-9-2)32-31(6,7)15-30(3,4)5/h10-14,20,32,35H,8-9,15H2,1-7H3. The van der Waals surface area contributed by atoms with Crippen molar-refractivity contribution in [2.75, 3.05) is 13.2 Å². The zero-order valence-electron chi connectivity index (χ0n) is 23.9. The first-order valence-electron chi connectivity index (χ1n) is 13.3. The summed E-state index contributed by atoms with van der Waals surface area (Å²) in [4.78, 5) is 53.7. The van der Waals surface area contributed by atoms with Crippen LogP contribution in [0, 0.1) is 5.41 Å². The quantitative estimate of drug-likeness (QED) is 0.400. The average Bonchev–Trinajstić information content (AvgIpc) is 2.85. The molecule has 0 radical (unpaired) electrons. The fourth-order valence-corrected chi connectivity index (χ4v) is 5.66. The average molecular weight is 550 g/mol. The van der Waals surface area contributed by atoms with Gasteiger partial charge in [0.2, 0.25) is 5.88 Å². The minimum Gasteiger partial charge on any atom is -0.504 e. The van der Waals surface area contributed by atoms with Crippen molar-refractivity contribution in [1.82, 2.24) is 5.32 Å². The molecule has 0 amide bonds. The molecule has 1 heterocycles. The molecule has 0 aromatic heterocycles. The lowest BCUT2D eigenvalue weighted by molar-refractivity contribution is -0.148. The Bertz CT molecular complexity index is 1440. The number of ether oxygens (including phenoxy) is 3. The zero-order chi connectivity index (χ0) is 29.6. The van der Waals surface area contributed by atoms with E-state index in [2.05, 4.69) is 26.1 Å². The summed E-state index contributed by atoms with van der Waals surface area (Å²) in [6.07, 6.45) is 0.639. The number of aromatic hydroxyl groups is 1. The number of esters is 2. The molecule has 212 valence electrons. The number of hydrogen-bond acceptors (Lipinski definition) is 9. The van der Waals surface area contributed by atoms with Gasteiger partial charge in [-0.05, 0) is 45.6 Å². The second-order valence-electron chi connectivity index (χ2n) is 11.8. The number of benzene rings is 2. The highest BCUT2D eigenvalue weighted by molar-refractivity contribution is 6.29. The summed E-state index contributed by atoms with van der Waals surface area (Å²) in [6.45, 7) is 13.3. The minimum atomic E-state index is -1.40. The Balaban J connectivity index is 1.98. The van der Waals surface area contributed by atoms with Gasteiger partial charge in [0.15, 0.2) is 23.1 Å². The summed E-state index contributed by atoms with van der Waals surface area (Å²) < 4.78 is 16.8. The molecule has 4 rings (SSSR count). The van der Waals surface area contributed by atoms with Crippen molar-refractivity contribution in [3.63, 3.8) is 0 Å². The van der Waals surface area contributed by atoms with Crippen LogP contribution in [0.1, 0.15) is 98.2 Å². The lowest BCUT2D eigenvalue weighted by atomic mass is 9.79. The van der Waals surface area contributed by atoms with E-state index in [1.54, 1.807) is 26.0 Å². The molecule has 2 aromatic rings. The largest absolute Gasteiger partial charge is 0.504 e. The van der Waals surface area contributed by atoms with Crippen molar-refractivity contribution in [1.29, 1.82) is 0 Å². The molecule has 0 saturated carbocycles. The van der Waals surface area contributed by atoms with Crippen LogP contribution in [0.5, 0.6) is 11.5 Å². The van der Waals surface area contributed by atoms with Crippen molar-refractivity contribution in [3.05, 3.63) is 69.6 Å². The maximum Gasteiger partial charge on any atom is 0.340 e. The van der Waals surface area contributed by atoms with E-state index in [1.807, 2.05) is 13.8 Å². The number of ketones is 2. The highest BCUT2D eigenvalue weighted by Crippen LogP contribution is 2.49. The summed E-state index contributed by atoms with van der Waals surface area (Å²) >= 11 is 0. The Morgan fingerprint density at radius 1 is 0.950 bits per heavy atom. The normalized spacial score (nSPS) is 16.4. The van der Waals surface area contributed by atoms with E-state index in [1.165, 1.54) is 18.2 Å². The first kappa shape index (κ1) is 28.9. The monoisotopic (exact) mass is 549 g/mol. The van der Waals surface area contributed by atoms with E-state index in [0.717, 1.165) is 0 Å². The van der Waals surface area contributed by atoms with E-state index in [4.69, 9.17) is 14.2 Å². The van der Waals surface area contributed by atoms with E-state index >= 15 is 0 Å². The van der Waals surface area contributed by atoms with Gasteiger partial charge < -0.3 is 24.6 Å². The SMILES string of the molecule is CCOC(=O)C1=C(NC(C)(C)CC(C)(C)C)Oc2c(cc3c(c2O)C(=O)c2ccccc2C3=O)C1C(=O)OCC. The van der Waals surface area contributed by atoms with Crippen LogP contribution >= 0.6 is 0 Å². The van der Waals surface area contributed by atoms with Gasteiger partial charge in [-0.25, -0.2) is 4.79 Å². The van der Waals surface area contributed by atoms with Gasteiger partial charge in [0, 0.05) is 27.8 Å². The molecule has 1 aliphatic carbocycles. The number of nitrogens with one attached hydrogen (secondary N) is 1. The summed E-state index contributed by atoms with van der Waals surface area (Å²) in [5, 5.41) is 14.7. The maximum atomic E-state index is 13.5. The Morgan fingerprint density at radius 3 is 2.12 bits per heavy atom. The fraction of sp³-hybridized carbons (Fsp3) is 0.419. The molecular weight excluding hydrogens is 514 g/mol. The third-order valence-corrected chi connectivity index (χ3v) is 6.66. The van der Waals surface area contributed by atoms with Gasteiger partial charge in [0.1, 0.15) is 11.5 Å². The molecule has 2 N–H and O–H groups in total. The number of hydrogen-bond donors (Lipinski definition) is 2. The fourth-order valence-electron chi connectivity index (χ4n) is 5.66. The molecular formula is C31H35NO8. The number of fused-ring (bicyclic) bond motifs is 3. The predicted molar refractivity (Wildman–Crippen MR) is 146 cm³/mol. The van der Waals surface area contributed by atoms with Crippen molar-refractivity contribution in [3.8, 4) is 11.5 Å². The van der Waals surface area contributed by atoms with E-state index < -0.39 is 40.7 Å². The molecule has 1 atom stereocenters. The van der Waals surface area contributed by atoms with Crippen LogP contribution in [0.2, 0.25) is 0 Å². The summed E-state index contributed by atoms with van der Waals surface area (Å²) in [7, 11) is 0. The van der Waals surface area contributed by atoms with Gasteiger partial charge in [-0.1, -0.05) is 45.0 Å². The van der Waals surface area contributed by atoms with Crippen LogP contribution in [0.25, 0.3) is 0 Å². The van der Waals surface area contributed by atoms with E-state index in [-0.39, 0.29) is 63.7 Å².